The van der Waals surface area contributed by atoms with Gasteiger partial charge in [0.25, 0.3) is 0 Å². The third-order valence-corrected chi connectivity index (χ3v) is 2.76. The van der Waals surface area contributed by atoms with E-state index in [1.54, 1.807) is 6.33 Å². The van der Waals surface area contributed by atoms with E-state index in [0.717, 1.165) is 30.3 Å². The fourth-order valence-corrected chi connectivity index (χ4v) is 1.77. The van der Waals surface area contributed by atoms with Crippen molar-refractivity contribution in [3.05, 3.63) is 11.9 Å². The minimum atomic E-state index is 0.917. The van der Waals surface area contributed by atoms with Gasteiger partial charge in [0.1, 0.15) is 18.0 Å². The highest BCUT2D eigenvalue weighted by molar-refractivity contribution is 5.57. The predicted octanol–water partition coefficient (Wildman–Crippen LogP) is 2.45. The van der Waals surface area contributed by atoms with Crippen LogP contribution in [0.4, 0.5) is 11.6 Å². The maximum Gasteiger partial charge on any atom is 0.137 e. The average Bonchev–Trinajstić information content (AvgIpc) is 2.32. The van der Waals surface area contributed by atoms with Gasteiger partial charge in [-0.25, -0.2) is 9.97 Å². The van der Waals surface area contributed by atoms with E-state index in [-0.39, 0.29) is 0 Å². The maximum absolute atomic E-state index is 4.39. The molecule has 0 amide bonds. The molecule has 90 valence electrons. The largest absolute Gasteiger partial charge is 0.373 e. The molecule has 1 rings (SSSR count). The van der Waals surface area contributed by atoms with E-state index in [1.165, 1.54) is 12.8 Å². The summed E-state index contributed by atoms with van der Waals surface area (Å²) in [7, 11) is 1.89. The van der Waals surface area contributed by atoms with Gasteiger partial charge in [-0.15, -0.1) is 0 Å². The van der Waals surface area contributed by atoms with Crippen molar-refractivity contribution in [2.75, 3.05) is 30.4 Å². The Bertz CT molecular complexity index is 325. The van der Waals surface area contributed by atoms with E-state index in [9.17, 15) is 0 Å². The Morgan fingerprint density at radius 2 is 2.06 bits per heavy atom. The second-order valence-corrected chi connectivity index (χ2v) is 3.85. The highest BCUT2D eigenvalue weighted by Gasteiger charge is 2.11. The van der Waals surface area contributed by atoms with Crippen LogP contribution in [0.15, 0.2) is 6.33 Å². The van der Waals surface area contributed by atoms with Crippen molar-refractivity contribution in [1.29, 1.82) is 0 Å². The summed E-state index contributed by atoms with van der Waals surface area (Å²) in [4.78, 5) is 10.9. The monoisotopic (exact) mass is 222 g/mol. The van der Waals surface area contributed by atoms with Crippen LogP contribution in [0.2, 0.25) is 0 Å². The van der Waals surface area contributed by atoms with Crippen LogP contribution in [0, 0.1) is 6.92 Å². The number of nitrogens with one attached hydrogen (secondary N) is 1. The Kier molecular flexibility index (Phi) is 5.02. The molecule has 0 aliphatic rings. The number of aromatic nitrogens is 2. The standard InChI is InChI=1S/C12H22N4/c1-5-7-8-16(6-2)12-10(3)11(13-4)14-9-15-12/h9H,5-8H2,1-4H3,(H,13,14,15). The molecule has 0 radical (unpaired) electrons. The molecule has 0 fully saturated rings. The molecule has 0 atom stereocenters. The lowest BCUT2D eigenvalue weighted by Gasteiger charge is -2.23. The van der Waals surface area contributed by atoms with Crippen molar-refractivity contribution in [3.63, 3.8) is 0 Å². The molecule has 0 aliphatic carbocycles. The number of hydrogen-bond donors (Lipinski definition) is 1. The van der Waals surface area contributed by atoms with Gasteiger partial charge in [-0.2, -0.15) is 0 Å². The SMILES string of the molecule is CCCCN(CC)c1ncnc(NC)c1C. The van der Waals surface area contributed by atoms with Crippen molar-refractivity contribution >= 4 is 11.6 Å². The van der Waals surface area contributed by atoms with Gasteiger partial charge in [0, 0.05) is 25.7 Å². The van der Waals surface area contributed by atoms with Crippen LogP contribution in [0.3, 0.4) is 0 Å². The maximum atomic E-state index is 4.39. The normalized spacial score (nSPS) is 10.2. The molecule has 0 bridgehead atoms. The predicted molar refractivity (Wildman–Crippen MR) is 69.1 cm³/mol. The number of unbranched alkanes of at least 4 members (excludes halogenated alkanes) is 1. The second-order valence-electron chi connectivity index (χ2n) is 3.85. The highest BCUT2D eigenvalue weighted by Crippen LogP contribution is 2.21. The Morgan fingerprint density at radius 3 is 2.62 bits per heavy atom. The summed E-state index contributed by atoms with van der Waals surface area (Å²) >= 11 is 0. The molecule has 0 unspecified atom stereocenters. The van der Waals surface area contributed by atoms with Gasteiger partial charge in [0.2, 0.25) is 0 Å². The number of anilines is 2. The number of hydrogen-bond acceptors (Lipinski definition) is 4. The van der Waals surface area contributed by atoms with E-state index in [4.69, 9.17) is 0 Å². The van der Waals surface area contributed by atoms with Gasteiger partial charge in [-0.1, -0.05) is 13.3 Å². The first-order valence-electron chi connectivity index (χ1n) is 5.98. The summed E-state index contributed by atoms with van der Waals surface area (Å²) in [5, 5.41) is 3.09. The lowest BCUT2D eigenvalue weighted by Crippen LogP contribution is -2.26. The quantitative estimate of drug-likeness (QED) is 0.802. The van der Waals surface area contributed by atoms with Crippen LogP contribution in [-0.4, -0.2) is 30.1 Å². The van der Waals surface area contributed by atoms with Gasteiger partial charge < -0.3 is 10.2 Å². The molecular formula is C12H22N4. The zero-order valence-corrected chi connectivity index (χ0v) is 10.7. The van der Waals surface area contributed by atoms with E-state index in [0.29, 0.717) is 0 Å². The molecule has 0 aromatic carbocycles. The molecule has 0 saturated heterocycles. The zero-order valence-electron chi connectivity index (χ0n) is 10.7. The number of nitrogens with zero attached hydrogens (tertiary/aromatic N) is 3. The van der Waals surface area contributed by atoms with Gasteiger partial charge in [0.15, 0.2) is 0 Å². The molecule has 1 aromatic heterocycles. The third-order valence-electron chi connectivity index (χ3n) is 2.76. The molecule has 0 aliphatic heterocycles. The Labute approximate surface area is 98.1 Å². The lowest BCUT2D eigenvalue weighted by molar-refractivity contribution is 0.721. The van der Waals surface area contributed by atoms with E-state index >= 15 is 0 Å². The first-order chi connectivity index (χ1) is 7.74. The molecule has 4 nitrogen and oxygen atoms in total. The summed E-state index contributed by atoms with van der Waals surface area (Å²) < 4.78 is 0. The lowest BCUT2D eigenvalue weighted by atomic mass is 10.2. The van der Waals surface area contributed by atoms with Gasteiger partial charge in [-0.3, -0.25) is 0 Å². The molecular weight excluding hydrogens is 200 g/mol. The first kappa shape index (κ1) is 12.7. The van der Waals surface area contributed by atoms with E-state index in [2.05, 4.69) is 41.0 Å². The molecule has 1 aromatic rings. The van der Waals surface area contributed by atoms with E-state index < -0.39 is 0 Å². The Hall–Kier alpha value is -1.32. The van der Waals surface area contributed by atoms with Gasteiger partial charge >= 0.3 is 0 Å². The molecule has 0 saturated carbocycles. The van der Waals surface area contributed by atoms with Crippen LogP contribution < -0.4 is 10.2 Å². The summed E-state index contributed by atoms with van der Waals surface area (Å²) in [6.45, 7) is 8.49. The minimum Gasteiger partial charge on any atom is -0.373 e. The topological polar surface area (TPSA) is 41.1 Å². The summed E-state index contributed by atoms with van der Waals surface area (Å²) in [5.74, 6) is 1.97. The average molecular weight is 222 g/mol. The van der Waals surface area contributed by atoms with Crippen LogP contribution >= 0.6 is 0 Å². The number of rotatable bonds is 6. The minimum absolute atomic E-state index is 0.917. The zero-order chi connectivity index (χ0) is 12.0. The van der Waals surface area contributed by atoms with Crippen LogP contribution in [0.5, 0.6) is 0 Å². The van der Waals surface area contributed by atoms with Crippen molar-refractivity contribution in [2.24, 2.45) is 0 Å². The first-order valence-corrected chi connectivity index (χ1v) is 5.98. The third kappa shape index (κ3) is 2.84. The Balaban J connectivity index is 2.91. The summed E-state index contributed by atoms with van der Waals surface area (Å²) in [5.41, 5.74) is 1.13. The molecule has 4 heteroatoms. The molecule has 1 N–H and O–H groups in total. The van der Waals surface area contributed by atoms with Crippen LogP contribution in [0.1, 0.15) is 32.3 Å². The Morgan fingerprint density at radius 1 is 1.31 bits per heavy atom. The van der Waals surface area contributed by atoms with Crippen molar-refractivity contribution in [1.82, 2.24) is 9.97 Å². The van der Waals surface area contributed by atoms with Crippen LogP contribution in [-0.2, 0) is 0 Å². The highest BCUT2D eigenvalue weighted by atomic mass is 15.2. The fourth-order valence-electron chi connectivity index (χ4n) is 1.77. The summed E-state index contributed by atoms with van der Waals surface area (Å²) in [6.07, 6.45) is 4.04. The molecule has 1 heterocycles. The van der Waals surface area contributed by atoms with Crippen molar-refractivity contribution < 1.29 is 0 Å². The molecule has 16 heavy (non-hydrogen) atoms. The van der Waals surface area contributed by atoms with Crippen molar-refractivity contribution in [3.8, 4) is 0 Å². The fraction of sp³-hybridized carbons (Fsp3) is 0.667. The molecule has 0 spiro atoms. The van der Waals surface area contributed by atoms with E-state index in [1.807, 2.05) is 7.05 Å². The smallest absolute Gasteiger partial charge is 0.137 e. The van der Waals surface area contributed by atoms with Gasteiger partial charge in [0.05, 0.1) is 0 Å². The summed E-state index contributed by atoms with van der Waals surface area (Å²) in [6, 6.07) is 0. The van der Waals surface area contributed by atoms with Crippen molar-refractivity contribution in [2.45, 2.75) is 33.6 Å². The second kappa shape index (κ2) is 6.30. The van der Waals surface area contributed by atoms with Crippen LogP contribution in [0.25, 0.3) is 0 Å². The van der Waals surface area contributed by atoms with Gasteiger partial charge in [-0.05, 0) is 20.3 Å².